The van der Waals surface area contributed by atoms with Crippen LogP contribution < -0.4 is 0 Å². The van der Waals surface area contributed by atoms with Crippen LogP contribution in [0.5, 0.6) is 0 Å². The van der Waals surface area contributed by atoms with E-state index in [-0.39, 0.29) is 12.5 Å². The Morgan fingerprint density at radius 2 is 2.12 bits per heavy atom. The molecule has 0 aliphatic carbocycles. The second-order valence-electron chi connectivity index (χ2n) is 2.99. The first kappa shape index (κ1) is 10.4. The zero-order valence-electron chi connectivity index (χ0n) is 8.66. The number of rotatable bonds is 3. The summed E-state index contributed by atoms with van der Waals surface area (Å²) in [6, 6.07) is 0. The first-order valence-corrected chi connectivity index (χ1v) is 4.70. The number of nitrogens with zero attached hydrogens (tertiary/aromatic N) is 4. The molecular formula is C10H10N4O2. The minimum Gasteiger partial charge on any atom is -0.418 e. The minimum atomic E-state index is -0.269. The average molecular weight is 218 g/mol. The lowest BCUT2D eigenvalue weighted by Crippen LogP contribution is -1.90. The summed E-state index contributed by atoms with van der Waals surface area (Å²) in [5.41, 5.74) is 1.53. The molecule has 0 fully saturated rings. The molecule has 0 amide bonds. The number of hydrogen-bond acceptors (Lipinski definition) is 6. The maximum absolute atomic E-state index is 8.84. The van der Waals surface area contributed by atoms with Gasteiger partial charge in [-0.05, 0) is 6.92 Å². The lowest BCUT2D eigenvalue weighted by atomic mass is 10.1. The van der Waals surface area contributed by atoms with E-state index in [0.717, 1.165) is 11.1 Å². The maximum Gasteiger partial charge on any atom is 0.248 e. The minimum absolute atomic E-state index is 0.186. The Morgan fingerprint density at radius 3 is 2.69 bits per heavy atom. The van der Waals surface area contributed by atoms with Crippen molar-refractivity contribution in [1.82, 2.24) is 20.2 Å². The normalized spacial score (nSPS) is 11.8. The van der Waals surface area contributed by atoms with Crippen molar-refractivity contribution >= 4 is 5.57 Å². The van der Waals surface area contributed by atoms with Crippen LogP contribution in [0.2, 0.25) is 0 Å². The van der Waals surface area contributed by atoms with Crippen molar-refractivity contribution in [2.75, 3.05) is 0 Å². The molecule has 0 radical (unpaired) electrons. The van der Waals surface area contributed by atoms with Crippen LogP contribution in [0.25, 0.3) is 5.57 Å². The van der Waals surface area contributed by atoms with Crippen molar-refractivity contribution in [3.63, 3.8) is 0 Å². The van der Waals surface area contributed by atoms with Gasteiger partial charge in [0.1, 0.15) is 12.9 Å². The molecule has 0 atom stereocenters. The molecule has 0 aliphatic heterocycles. The van der Waals surface area contributed by atoms with Gasteiger partial charge in [0.25, 0.3) is 0 Å². The standard InChI is InChI=1S/C10H10N4O2/c1-2-8(7-3-11-6-12-4-7)10-14-13-9(5-15)16-10/h2-4,6,15H,5H2,1H3/b8-2+. The summed E-state index contributed by atoms with van der Waals surface area (Å²) in [5.74, 6) is 0.535. The van der Waals surface area contributed by atoms with Gasteiger partial charge in [-0.25, -0.2) is 9.97 Å². The molecule has 2 heterocycles. The summed E-state index contributed by atoms with van der Waals surface area (Å²) in [6.45, 7) is 1.58. The maximum atomic E-state index is 8.84. The smallest absolute Gasteiger partial charge is 0.248 e. The zero-order chi connectivity index (χ0) is 11.4. The molecule has 1 N–H and O–H groups in total. The van der Waals surface area contributed by atoms with E-state index in [1.165, 1.54) is 6.33 Å². The summed E-state index contributed by atoms with van der Waals surface area (Å²) >= 11 is 0. The zero-order valence-corrected chi connectivity index (χ0v) is 8.66. The van der Waals surface area contributed by atoms with E-state index in [0.29, 0.717) is 5.89 Å². The molecule has 0 saturated heterocycles. The third kappa shape index (κ3) is 1.96. The van der Waals surface area contributed by atoms with Gasteiger partial charge >= 0.3 is 0 Å². The van der Waals surface area contributed by atoms with Gasteiger partial charge in [-0.15, -0.1) is 10.2 Å². The van der Waals surface area contributed by atoms with E-state index in [1.807, 2.05) is 13.0 Å². The number of aliphatic hydroxyl groups excluding tert-OH is 1. The fraction of sp³-hybridized carbons (Fsp3) is 0.200. The van der Waals surface area contributed by atoms with Crippen LogP contribution in [-0.2, 0) is 6.61 Å². The fourth-order valence-corrected chi connectivity index (χ4v) is 1.28. The molecule has 0 bridgehead atoms. The summed E-state index contributed by atoms with van der Waals surface area (Å²) in [7, 11) is 0. The highest BCUT2D eigenvalue weighted by molar-refractivity contribution is 5.73. The monoisotopic (exact) mass is 218 g/mol. The summed E-state index contributed by atoms with van der Waals surface area (Å²) < 4.78 is 5.24. The molecule has 0 aliphatic rings. The highest BCUT2D eigenvalue weighted by Gasteiger charge is 2.12. The molecule has 0 aromatic carbocycles. The Hall–Kier alpha value is -2.08. The molecular weight excluding hydrogens is 208 g/mol. The van der Waals surface area contributed by atoms with Crippen molar-refractivity contribution in [2.24, 2.45) is 0 Å². The molecule has 82 valence electrons. The molecule has 2 rings (SSSR count). The predicted molar refractivity (Wildman–Crippen MR) is 55.0 cm³/mol. The second kappa shape index (κ2) is 4.63. The van der Waals surface area contributed by atoms with E-state index >= 15 is 0 Å². The average Bonchev–Trinajstić information content (AvgIpc) is 2.80. The Balaban J connectivity index is 2.38. The molecule has 2 aromatic heterocycles. The van der Waals surface area contributed by atoms with Gasteiger partial charge in [0.2, 0.25) is 11.8 Å². The Kier molecular flexibility index (Phi) is 3.02. The topological polar surface area (TPSA) is 84.9 Å². The first-order valence-electron chi connectivity index (χ1n) is 4.70. The van der Waals surface area contributed by atoms with Gasteiger partial charge in [-0.2, -0.15) is 0 Å². The highest BCUT2D eigenvalue weighted by Crippen LogP contribution is 2.20. The Bertz CT molecular complexity index is 493. The van der Waals surface area contributed by atoms with Crippen LogP contribution in [0, 0.1) is 0 Å². The summed E-state index contributed by atoms with van der Waals surface area (Å²) in [4.78, 5) is 7.83. The van der Waals surface area contributed by atoms with Crippen LogP contribution in [0.1, 0.15) is 24.3 Å². The largest absolute Gasteiger partial charge is 0.418 e. The van der Waals surface area contributed by atoms with Gasteiger partial charge in [-0.3, -0.25) is 0 Å². The van der Waals surface area contributed by atoms with Crippen LogP contribution >= 0.6 is 0 Å². The van der Waals surface area contributed by atoms with E-state index in [1.54, 1.807) is 12.4 Å². The van der Waals surface area contributed by atoms with Gasteiger partial charge in [0.05, 0.1) is 0 Å². The number of aromatic nitrogens is 4. The third-order valence-electron chi connectivity index (χ3n) is 1.99. The number of allylic oxidation sites excluding steroid dienone is 1. The van der Waals surface area contributed by atoms with Crippen LogP contribution in [-0.4, -0.2) is 25.3 Å². The summed E-state index contributed by atoms with van der Waals surface area (Å²) in [5, 5.41) is 16.4. The van der Waals surface area contributed by atoms with Gasteiger partial charge < -0.3 is 9.52 Å². The van der Waals surface area contributed by atoms with E-state index in [4.69, 9.17) is 9.52 Å². The lowest BCUT2D eigenvalue weighted by Gasteiger charge is -1.99. The molecule has 2 aromatic rings. The second-order valence-corrected chi connectivity index (χ2v) is 2.99. The van der Waals surface area contributed by atoms with E-state index in [9.17, 15) is 0 Å². The van der Waals surface area contributed by atoms with Crippen molar-refractivity contribution in [1.29, 1.82) is 0 Å². The Labute approximate surface area is 91.7 Å². The van der Waals surface area contributed by atoms with Crippen molar-refractivity contribution in [3.05, 3.63) is 42.1 Å². The van der Waals surface area contributed by atoms with Crippen LogP contribution in [0.4, 0.5) is 0 Å². The molecule has 0 saturated carbocycles. The lowest BCUT2D eigenvalue weighted by molar-refractivity contribution is 0.239. The molecule has 0 unspecified atom stereocenters. The molecule has 0 spiro atoms. The molecule has 16 heavy (non-hydrogen) atoms. The van der Waals surface area contributed by atoms with Crippen molar-refractivity contribution in [2.45, 2.75) is 13.5 Å². The Morgan fingerprint density at radius 1 is 1.38 bits per heavy atom. The van der Waals surface area contributed by atoms with E-state index in [2.05, 4.69) is 20.2 Å². The van der Waals surface area contributed by atoms with Gasteiger partial charge in [-0.1, -0.05) is 6.08 Å². The van der Waals surface area contributed by atoms with Crippen molar-refractivity contribution in [3.8, 4) is 0 Å². The van der Waals surface area contributed by atoms with Gasteiger partial charge in [0.15, 0.2) is 0 Å². The fourth-order valence-electron chi connectivity index (χ4n) is 1.28. The van der Waals surface area contributed by atoms with Gasteiger partial charge in [0, 0.05) is 23.5 Å². The number of aliphatic hydroxyl groups is 1. The molecule has 6 heteroatoms. The predicted octanol–water partition coefficient (Wildman–Crippen LogP) is 0.804. The highest BCUT2D eigenvalue weighted by atomic mass is 16.4. The van der Waals surface area contributed by atoms with E-state index < -0.39 is 0 Å². The SMILES string of the molecule is C/C=C(\c1cncnc1)c1nnc(CO)o1. The molecule has 6 nitrogen and oxygen atoms in total. The first-order chi connectivity index (χ1) is 7.85. The van der Waals surface area contributed by atoms with Crippen LogP contribution in [0.3, 0.4) is 0 Å². The van der Waals surface area contributed by atoms with Crippen LogP contribution in [0.15, 0.2) is 29.2 Å². The quantitative estimate of drug-likeness (QED) is 0.820. The third-order valence-corrected chi connectivity index (χ3v) is 1.99. The summed E-state index contributed by atoms with van der Waals surface area (Å²) in [6.07, 6.45) is 6.59. The number of hydrogen-bond donors (Lipinski definition) is 1. The van der Waals surface area contributed by atoms with Crippen molar-refractivity contribution < 1.29 is 9.52 Å².